The number of benzene rings is 2. The van der Waals surface area contributed by atoms with Crippen LogP contribution in [0.5, 0.6) is 0 Å². The van der Waals surface area contributed by atoms with E-state index in [0.29, 0.717) is 10.7 Å². The molecule has 0 bridgehead atoms. The predicted molar refractivity (Wildman–Crippen MR) is 86.4 cm³/mol. The number of thioether (sulfide) groups is 1. The summed E-state index contributed by atoms with van der Waals surface area (Å²) in [4.78, 5) is 12.7. The molecule has 0 aliphatic rings. The van der Waals surface area contributed by atoms with Crippen molar-refractivity contribution in [2.75, 3.05) is 16.8 Å². The highest BCUT2D eigenvalue weighted by atomic mass is 35.5. The zero-order chi connectivity index (χ0) is 14.5. The second-order valence-electron chi connectivity index (χ2n) is 4.39. The smallest absolute Gasteiger partial charge is 0.234 e. The zero-order valence-electron chi connectivity index (χ0n) is 11.0. The molecular formula is C15H15ClN2OS. The molecule has 0 atom stereocenters. The van der Waals surface area contributed by atoms with Crippen LogP contribution in [0, 0.1) is 6.92 Å². The van der Waals surface area contributed by atoms with Crippen LogP contribution in [0.2, 0.25) is 5.02 Å². The number of anilines is 2. The Kier molecular flexibility index (Phi) is 4.93. The highest BCUT2D eigenvalue weighted by Crippen LogP contribution is 2.29. The molecule has 0 fully saturated rings. The number of hydrogen-bond donors (Lipinski definition) is 2. The van der Waals surface area contributed by atoms with Gasteiger partial charge in [0, 0.05) is 16.3 Å². The van der Waals surface area contributed by atoms with E-state index in [4.69, 9.17) is 17.3 Å². The molecule has 2 rings (SSSR count). The number of nitrogens with two attached hydrogens (primary N) is 1. The van der Waals surface area contributed by atoms with E-state index in [1.54, 1.807) is 18.2 Å². The molecule has 0 heterocycles. The van der Waals surface area contributed by atoms with Gasteiger partial charge < -0.3 is 11.1 Å². The van der Waals surface area contributed by atoms with Crippen LogP contribution >= 0.6 is 23.4 Å². The van der Waals surface area contributed by atoms with E-state index in [9.17, 15) is 4.79 Å². The number of aryl methyl sites for hydroxylation is 1. The van der Waals surface area contributed by atoms with Gasteiger partial charge in [-0.3, -0.25) is 4.79 Å². The number of amides is 1. The van der Waals surface area contributed by atoms with Gasteiger partial charge in [0.15, 0.2) is 0 Å². The van der Waals surface area contributed by atoms with Crippen molar-refractivity contribution in [3.05, 3.63) is 53.1 Å². The number of hydrogen-bond acceptors (Lipinski definition) is 3. The molecule has 0 aliphatic carbocycles. The van der Waals surface area contributed by atoms with Crippen LogP contribution in [0.25, 0.3) is 0 Å². The van der Waals surface area contributed by atoms with Gasteiger partial charge in [0.05, 0.1) is 10.8 Å². The summed E-state index contributed by atoms with van der Waals surface area (Å²) in [7, 11) is 0. The first-order chi connectivity index (χ1) is 9.54. The molecule has 2 aromatic carbocycles. The van der Waals surface area contributed by atoms with Crippen molar-refractivity contribution in [3.63, 3.8) is 0 Å². The lowest BCUT2D eigenvalue weighted by molar-refractivity contribution is -0.113. The second-order valence-corrected chi connectivity index (χ2v) is 5.82. The summed E-state index contributed by atoms with van der Waals surface area (Å²) in [6.45, 7) is 2.00. The number of nitrogen functional groups attached to an aromatic ring is 1. The van der Waals surface area contributed by atoms with Crippen molar-refractivity contribution in [2.24, 2.45) is 0 Å². The second kappa shape index (κ2) is 6.68. The van der Waals surface area contributed by atoms with Crippen molar-refractivity contribution in [2.45, 2.75) is 11.8 Å². The summed E-state index contributed by atoms with van der Waals surface area (Å²) in [5, 5.41) is 3.44. The minimum atomic E-state index is -0.0719. The Morgan fingerprint density at radius 2 is 1.95 bits per heavy atom. The molecule has 2 aromatic rings. The number of nitrogens with one attached hydrogen (secondary N) is 1. The Labute approximate surface area is 127 Å². The highest BCUT2D eigenvalue weighted by molar-refractivity contribution is 8.00. The Balaban J connectivity index is 1.92. The van der Waals surface area contributed by atoms with Gasteiger partial charge in [0.2, 0.25) is 5.91 Å². The van der Waals surface area contributed by atoms with Crippen LogP contribution in [0.3, 0.4) is 0 Å². The predicted octanol–water partition coefficient (Wildman–Crippen LogP) is 3.96. The summed E-state index contributed by atoms with van der Waals surface area (Å²) in [6.07, 6.45) is 0. The van der Waals surface area contributed by atoms with Crippen LogP contribution in [-0.4, -0.2) is 11.7 Å². The molecule has 5 heteroatoms. The summed E-state index contributed by atoms with van der Waals surface area (Å²) < 4.78 is 0. The average Bonchev–Trinajstić information content (AvgIpc) is 2.42. The van der Waals surface area contributed by atoms with Crippen molar-refractivity contribution in [3.8, 4) is 0 Å². The SMILES string of the molecule is Cc1ccc(NC(=O)CSc2cc(N)ccc2Cl)cc1. The molecule has 20 heavy (non-hydrogen) atoms. The Hall–Kier alpha value is -1.65. The third-order valence-electron chi connectivity index (χ3n) is 2.65. The fourth-order valence-electron chi connectivity index (χ4n) is 1.61. The van der Waals surface area contributed by atoms with E-state index in [0.717, 1.165) is 16.1 Å². The van der Waals surface area contributed by atoms with Crippen LogP contribution in [0.4, 0.5) is 11.4 Å². The lowest BCUT2D eigenvalue weighted by Crippen LogP contribution is -2.13. The molecule has 3 N–H and O–H groups in total. The van der Waals surface area contributed by atoms with E-state index in [-0.39, 0.29) is 11.7 Å². The van der Waals surface area contributed by atoms with E-state index in [1.165, 1.54) is 11.8 Å². The quantitative estimate of drug-likeness (QED) is 0.664. The third kappa shape index (κ3) is 4.18. The fraction of sp³-hybridized carbons (Fsp3) is 0.133. The standard InChI is InChI=1S/C15H15ClN2OS/c1-10-2-5-12(6-3-10)18-15(19)9-20-14-8-11(17)4-7-13(14)16/h2-8H,9,17H2,1H3,(H,18,19). The molecular weight excluding hydrogens is 292 g/mol. The van der Waals surface area contributed by atoms with Gasteiger partial charge >= 0.3 is 0 Å². The third-order valence-corrected chi connectivity index (χ3v) is 4.15. The van der Waals surface area contributed by atoms with E-state index >= 15 is 0 Å². The maximum Gasteiger partial charge on any atom is 0.234 e. The zero-order valence-corrected chi connectivity index (χ0v) is 12.6. The molecule has 0 aromatic heterocycles. The fourth-order valence-corrected chi connectivity index (χ4v) is 2.67. The van der Waals surface area contributed by atoms with Gasteiger partial charge in [-0.1, -0.05) is 29.3 Å². The number of carbonyl (C=O) groups excluding carboxylic acids is 1. The first kappa shape index (κ1) is 14.8. The van der Waals surface area contributed by atoms with Crippen molar-refractivity contribution >= 4 is 40.6 Å². The first-order valence-corrected chi connectivity index (χ1v) is 7.45. The molecule has 0 aliphatic heterocycles. The van der Waals surface area contributed by atoms with Gasteiger partial charge in [-0.15, -0.1) is 11.8 Å². The summed E-state index contributed by atoms with van der Waals surface area (Å²) in [5.74, 6) is 0.217. The van der Waals surface area contributed by atoms with Gasteiger partial charge in [-0.2, -0.15) is 0 Å². The Morgan fingerprint density at radius 3 is 2.65 bits per heavy atom. The van der Waals surface area contributed by atoms with Gasteiger partial charge in [0.1, 0.15) is 0 Å². The molecule has 0 radical (unpaired) electrons. The van der Waals surface area contributed by atoms with Gasteiger partial charge in [-0.05, 0) is 37.3 Å². The van der Waals surface area contributed by atoms with E-state index < -0.39 is 0 Å². The molecule has 1 amide bonds. The number of halogens is 1. The average molecular weight is 307 g/mol. The van der Waals surface area contributed by atoms with E-state index in [2.05, 4.69) is 5.32 Å². The minimum Gasteiger partial charge on any atom is -0.399 e. The monoisotopic (exact) mass is 306 g/mol. The lowest BCUT2D eigenvalue weighted by Gasteiger charge is -2.07. The van der Waals surface area contributed by atoms with Crippen LogP contribution < -0.4 is 11.1 Å². The first-order valence-electron chi connectivity index (χ1n) is 6.09. The molecule has 3 nitrogen and oxygen atoms in total. The van der Waals surface area contributed by atoms with Crippen molar-refractivity contribution in [1.29, 1.82) is 0 Å². The normalized spacial score (nSPS) is 10.3. The molecule has 0 saturated heterocycles. The van der Waals surface area contributed by atoms with Gasteiger partial charge in [0.25, 0.3) is 0 Å². The van der Waals surface area contributed by atoms with Crippen LogP contribution in [0.1, 0.15) is 5.56 Å². The number of carbonyl (C=O) groups is 1. The summed E-state index contributed by atoms with van der Waals surface area (Å²) in [5.41, 5.74) is 8.28. The minimum absolute atomic E-state index is 0.0719. The lowest BCUT2D eigenvalue weighted by atomic mass is 10.2. The molecule has 104 valence electrons. The van der Waals surface area contributed by atoms with Gasteiger partial charge in [-0.25, -0.2) is 0 Å². The molecule has 0 unspecified atom stereocenters. The largest absolute Gasteiger partial charge is 0.399 e. The van der Waals surface area contributed by atoms with Crippen molar-refractivity contribution in [1.82, 2.24) is 0 Å². The van der Waals surface area contributed by atoms with Crippen LogP contribution in [-0.2, 0) is 4.79 Å². The summed E-state index contributed by atoms with van der Waals surface area (Å²) >= 11 is 7.42. The topological polar surface area (TPSA) is 55.1 Å². The van der Waals surface area contributed by atoms with Crippen molar-refractivity contribution < 1.29 is 4.79 Å². The summed E-state index contributed by atoms with van der Waals surface area (Å²) in [6, 6.07) is 12.9. The maximum absolute atomic E-state index is 11.9. The highest BCUT2D eigenvalue weighted by Gasteiger charge is 2.06. The van der Waals surface area contributed by atoms with E-state index in [1.807, 2.05) is 31.2 Å². The molecule has 0 spiro atoms. The Bertz CT molecular complexity index is 614. The maximum atomic E-state index is 11.9. The number of rotatable bonds is 4. The molecule has 0 saturated carbocycles. The van der Waals surface area contributed by atoms with Crippen LogP contribution in [0.15, 0.2) is 47.4 Å². The Morgan fingerprint density at radius 1 is 1.25 bits per heavy atom.